The minimum Gasteiger partial charge on any atom is -0.206 e. The third-order valence-corrected chi connectivity index (χ3v) is 5.37. The Morgan fingerprint density at radius 3 is 1.94 bits per heavy atom. The SMILES string of the molecule is CCCCc1ccc(-c2ccc(C#Cc3cc(F)c4c(F)c(F)c(F)cc4c3)cc2)cc1. The van der Waals surface area contributed by atoms with Gasteiger partial charge in [-0.15, -0.1) is 0 Å². The number of rotatable bonds is 4. The van der Waals surface area contributed by atoms with Crippen LogP contribution >= 0.6 is 0 Å². The summed E-state index contributed by atoms with van der Waals surface area (Å²) in [7, 11) is 0. The van der Waals surface area contributed by atoms with E-state index in [2.05, 4.69) is 43.0 Å². The Balaban J connectivity index is 1.56. The van der Waals surface area contributed by atoms with Crippen LogP contribution in [0.1, 0.15) is 36.5 Å². The van der Waals surface area contributed by atoms with Crippen molar-refractivity contribution in [2.75, 3.05) is 0 Å². The molecule has 0 heterocycles. The molecule has 0 bridgehead atoms. The first-order chi connectivity index (χ1) is 15.5. The predicted octanol–water partition coefficient (Wildman–Crippen LogP) is 7.81. The van der Waals surface area contributed by atoms with Crippen molar-refractivity contribution in [1.82, 2.24) is 0 Å². The Morgan fingerprint density at radius 1 is 0.656 bits per heavy atom. The maximum atomic E-state index is 14.3. The highest BCUT2D eigenvalue weighted by Gasteiger charge is 2.17. The average Bonchev–Trinajstić information content (AvgIpc) is 2.80. The Morgan fingerprint density at radius 2 is 1.28 bits per heavy atom. The van der Waals surface area contributed by atoms with Crippen molar-refractivity contribution in [2.45, 2.75) is 26.2 Å². The second kappa shape index (κ2) is 9.28. The van der Waals surface area contributed by atoms with Crippen molar-refractivity contribution >= 4 is 10.8 Å². The third kappa shape index (κ3) is 4.53. The molecule has 4 heteroatoms. The molecule has 160 valence electrons. The Labute approximate surface area is 184 Å². The van der Waals surface area contributed by atoms with Gasteiger partial charge in [0.05, 0.1) is 5.39 Å². The van der Waals surface area contributed by atoms with Gasteiger partial charge in [0.25, 0.3) is 0 Å². The fraction of sp³-hybridized carbons (Fsp3) is 0.143. The quantitative estimate of drug-likeness (QED) is 0.175. The highest BCUT2D eigenvalue weighted by molar-refractivity contribution is 5.85. The molecule has 0 aliphatic rings. The van der Waals surface area contributed by atoms with Crippen molar-refractivity contribution in [3.05, 3.63) is 107 Å². The minimum atomic E-state index is -1.69. The van der Waals surface area contributed by atoms with Crippen LogP contribution in [0.15, 0.2) is 66.7 Å². The molecule has 32 heavy (non-hydrogen) atoms. The maximum absolute atomic E-state index is 14.3. The van der Waals surface area contributed by atoms with E-state index in [1.54, 1.807) is 0 Å². The standard InChI is InChI=1S/C28H20F4/c1-2-3-4-18-7-11-21(12-8-18)22-13-9-19(10-14-22)5-6-20-15-23-17-25(30)27(31)28(32)26(23)24(29)16-20/h7-17H,2-4H2,1H3. The molecule has 0 unspecified atom stereocenters. The van der Waals surface area contributed by atoms with Crippen molar-refractivity contribution in [1.29, 1.82) is 0 Å². The van der Waals surface area contributed by atoms with Crippen LogP contribution in [0.2, 0.25) is 0 Å². The van der Waals surface area contributed by atoms with Crippen molar-refractivity contribution in [2.24, 2.45) is 0 Å². The second-order valence-electron chi connectivity index (χ2n) is 7.67. The summed E-state index contributed by atoms with van der Waals surface area (Å²) in [5.41, 5.74) is 4.45. The summed E-state index contributed by atoms with van der Waals surface area (Å²) < 4.78 is 55.0. The molecular formula is C28H20F4. The largest absolute Gasteiger partial charge is 0.206 e. The summed E-state index contributed by atoms with van der Waals surface area (Å²) in [5.74, 6) is 0.154. The molecule has 4 rings (SSSR count). The van der Waals surface area contributed by atoms with Gasteiger partial charge in [-0.25, -0.2) is 17.6 Å². The molecule has 0 N–H and O–H groups in total. The number of aryl methyl sites for hydroxylation is 1. The zero-order valence-corrected chi connectivity index (χ0v) is 17.5. The predicted molar refractivity (Wildman–Crippen MR) is 120 cm³/mol. The van der Waals surface area contributed by atoms with E-state index in [0.717, 1.165) is 29.7 Å². The van der Waals surface area contributed by atoms with E-state index in [9.17, 15) is 17.6 Å². The lowest BCUT2D eigenvalue weighted by atomic mass is 10.0. The van der Waals surface area contributed by atoms with E-state index in [0.29, 0.717) is 5.56 Å². The van der Waals surface area contributed by atoms with Gasteiger partial charge in [0.2, 0.25) is 0 Å². The van der Waals surface area contributed by atoms with Crippen LogP contribution in [0.25, 0.3) is 21.9 Å². The molecule has 0 fully saturated rings. The van der Waals surface area contributed by atoms with Crippen molar-refractivity contribution < 1.29 is 17.6 Å². The number of benzene rings is 4. The maximum Gasteiger partial charge on any atom is 0.195 e. The lowest BCUT2D eigenvalue weighted by Gasteiger charge is -2.05. The van der Waals surface area contributed by atoms with E-state index >= 15 is 0 Å². The zero-order chi connectivity index (χ0) is 22.7. The molecule has 0 amide bonds. The van der Waals surface area contributed by atoms with Gasteiger partial charge in [-0.1, -0.05) is 61.6 Å². The molecule has 0 saturated carbocycles. The van der Waals surface area contributed by atoms with Gasteiger partial charge in [-0.2, -0.15) is 0 Å². The molecule has 0 spiro atoms. The summed E-state index contributed by atoms with van der Waals surface area (Å²) in [4.78, 5) is 0. The van der Waals surface area contributed by atoms with Crippen LogP contribution < -0.4 is 0 Å². The van der Waals surface area contributed by atoms with E-state index in [4.69, 9.17) is 0 Å². The van der Waals surface area contributed by atoms with Crippen LogP contribution in [-0.4, -0.2) is 0 Å². The molecule has 0 saturated heterocycles. The highest BCUT2D eigenvalue weighted by Crippen LogP contribution is 2.27. The first-order valence-corrected chi connectivity index (χ1v) is 10.4. The van der Waals surface area contributed by atoms with Crippen LogP contribution in [-0.2, 0) is 6.42 Å². The van der Waals surface area contributed by atoms with Crippen molar-refractivity contribution in [3.8, 4) is 23.0 Å². The Hall–Kier alpha value is -3.58. The van der Waals surface area contributed by atoms with E-state index in [-0.39, 0.29) is 10.9 Å². The number of unbranched alkanes of at least 4 members (excludes halogenated alkanes) is 1. The zero-order valence-electron chi connectivity index (χ0n) is 17.5. The number of hydrogen-bond acceptors (Lipinski definition) is 0. The monoisotopic (exact) mass is 432 g/mol. The molecule has 4 aromatic carbocycles. The summed E-state index contributed by atoms with van der Waals surface area (Å²) in [6, 6.07) is 19.3. The second-order valence-corrected chi connectivity index (χ2v) is 7.67. The fourth-order valence-electron chi connectivity index (χ4n) is 3.60. The van der Waals surface area contributed by atoms with E-state index in [1.165, 1.54) is 24.5 Å². The number of halogens is 4. The molecule has 0 atom stereocenters. The van der Waals surface area contributed by atoms with Gasteiger partial charge in [0.1, 0.15) is 5.82 Å². The summed E-state index contributed by atoms with van der Waals surface area (Å²) in [5, 5.41) is -0.664. The topological polar surface area (TPSA) is 0 Å². The van der Waals surface area contributed by atoms with Crippen LogP contribution in [0.4, 0.5) is 17.6 Å². The fourth-order valence-corrected chi connectivity index (χ4v) is 3.60. The van der Waals surface area contributed by atoms with Gasteiger partial charge in [0.15, 0.2) is 17.5 Å². The average molecular weight is 432 g/mol. The number of hydrogen-bond donors (Lipinski definition) is 0. The van der Waals surface area contributed by atoms with Gasteiger partial charge in [0, 0.05) is 11.1 Å². The molecular weight excluding hydrogens is 412 g/mol. The summed E-state index contributed by atoms with van der Waals surface area (Å²) in [6.45, 7) is 2.18. The molecule has 0 nitrogen and oxygen atoms in total. The Bertz CT molecular complexity index is 1320. The number of fused-ring (bicyclic) bond motifs is 1. The molecule has 0 radical (unpaired) electrons. The molecule has 0 aromatic heterocycles. The normalized spacial score (nSPS) is 10.8. The van der Waals surface area contributed by atoms with Gasteiger partial charge in [-0.3, -0.25) is 0 Å². The van der Waals surface area contributed by atoms with E-state index in [1.807, 2.05) is 24.3 Å². The Kier molecular flexibility index (Phi) is 6.28. The van der Waals surface area contributed by atoms with Crippen LogP contribution in [0.3, 0.4) is 0 Å². The first-order valence-electron chi connectivity index (χ1n) is 10.4. The molecule has 4 aromatic rings. The molecule has 0 aliphatic carbocycles. The molecule has 0 aliphatic heterocycles. The van der Waals surface area contributed by atoms with Crippen LogP contribution in [0.5, 0.6) is 0 Å². The van der Waals surface area contributed by atoms with Crippen LogP contribution in [0, 0.1) is 35.1 Å². The van der Waals surface area contributed by atoms with Gasteiger partial charge < -0.3 is 0 Å². The lowest BCUT2D eigenvalue weighted by Crippen LogP contribution is -1.95. The van der Waals surface area contributed by atoms with Gasteiger partial charge in [-0.05, 0) is 65.3 Å². The highest BCUT2D eigenvalue weighted by atomic mass is 19.2. The first kappa shape index (κ1) is 21.6. The van der Waals surface area contributed by atoms with Crippen molar-refractivity contribution in [3.63, 3.8) is 0 Å². The smallest absolute Gasteiger partial charge is 0.195 e. The minimum absolute atomic E-state index is 0.0802. The summed E-state index contributed by atoms with van der Waals surface area (Å²) in [6.07, 6.45) is 3.42. The van der Waals surface area contributed by atoms with Gasteiger partial charge >= 0.3 is 0 Å². The third-order valence-electron chi connectivity index (χ3n) is 5.37. The lowest BCUT2D eigenvalue weighted by molar-refractivity contribution is 0.451. The summed E-state index contributed by atoms with van der Waals surface area (Å²) >= 11 is 0. The van der Waals surface area contributed by atoms with E-state index < -0.39 is 28.7 Å².